The van der Waals surface area contributed by atoms with Crippen molar-refractivity contribution in [1.29, 1.82) is 0 Å². The van der Waals surface area contributed by atoms with E-state index in [1.165, 1.54) is 0 Å². The zero-order valence-corrected chi connectivity index (χ0v) is 18.4. The lowest BCUT2D eigenvalue weighted by Crippen LogP contribution is -2.41. The second-order valence-electron chi connectivity index (χ2n) is 8.81. The first-order valence-corrected chi connectivity index (χ1v) is 10.4. The van der Waals surface area contributed by atoms with Crippen LogP contribution in [0.4, 0.5) is 0 Å². The van der Waals surface area contributed by atoms with Gasteiger partial charge in [0.15, 0.2) is 0 Å². The number of nitrogens with zero attached hydrogens (tertiary/aromatic N) is 2. The molecule has 1 aliphatic heterocycles. The molecule has 3 aromatic rings. The van der Waals surface area contributed by atoms with E-state index >= 15 is 0 Å². The van der Waals surface area contributed by atoms with Crippen molar-refractivity contribution in [3.8, 4) is 5.75 Å². The third-order valence-corrected chi connectivity index (χ3v) is 6.18. The van der Waals surface area contributed by atoms with Gasteiger partial charge in [-0.2, -0.15) is 5.10 Å². The van der Waals surface area contributed by atoms with Crippen molar-refractivity contribution in [2.24, 2.45) is 0 Å². The van der Waals surface area contributed by atoms with Gasteiger partial charge < -0.3 is 14.0 Å². The maximum atomic E-state index is 6.21. The Morgan fingerprint density at radius 2 is 1.57 bits per heavy atom. The molecule has 2 aromatic carbocycles. The second kappa shape index (κ2) is 7.93. The van der Waals surface area contributed by atoms with Crippen molar-refractivity contribution in [2.45, 2.75) is 59.0 Å². The Hall–Kier alpha value is -2.57. The van der Waals surface area contributed by atoms with Gasteiger partial charge in [0.05, 0.1) is 17.7 Å². The molecule has 6 heteroatoms. The Balaban J connectivity index is 1.51. The molecule has 0 saturated carbocycles. The van der Waals surface area contributed by atoms with Crippen LogP contribution in [-0.2, 0) is 22.5 Å². The normalized spacial score (nSPS) is 17.3. The topological polar surface area (TPSA) is 45.5 Å². The van der Waals surface area contributed by atoms with E-state index in [9.17, 15) is 0 Å². The molecule has 0 aliphatic carbocycles. The summed E-state index contributed by atoms with van der Waals surface area (Å²) in [4.78, 5) is 0. The Labute approximate surface area is 179 Å². The average molecular weight is 404 g/mol. The Bertz CT molecular complexity index is 998. The highest BCUT2D eigenvalue weighted by atomic mass is 16.7. The quantitative estimate of drug-likeness (QED) is 0.580. The number of hydrogen-bond donors (Lipinski definition) is 0. The second-order valence-corrected chi connectivity index (χ2v) is 8.81. The summed E-state index contributed by atoms with van der Waals surface area (Å²) in [6.07, 6.45) is 1.85. The van der Waals surface area contributed by atoms with Crippen molar-refractivity contribution in [1.82, 2.24) is 9.78 Å². The highest BCUT2D eigenvalue weighted by Gasteiger charge is 2.52. The van der Waals surface area contributed by atoms with Crippen LogP contribution >= 0.6 is 0 Å². The predicted molar refractivity (Wildman–Crippen MR) is 119 cm³/mol. The minimum atomic E-state index is -0.409. The Morgan fingerprint density at radius 3 is 2.27 bits per heavy atom. The molecular formula is C24H29BN2O3. The lowest BCUT2D eigenvalue weighted by molar-refractivity contribution is 0.00578. The summed E-state index contributed by atoms with van der Waals surface area (Å²) in [7, 11) is -0.409. The fourth-order valence-electron chi connectivity index (χ4n) is 3.49. The van der Waals surface area contributed by atoms with Gasteiger partial charge in [0.1, 0.15) is 12.4 Å². The van der Waals surface area contributed by atoms with Crippen LogP contribution in [0.3, 0.4) is 0 Å². The van der Waals surface area contributed by atoms with Gasteiger partial charge in [0.25, 0.3) is 0 Å². The molecule has 0 N–H and O–H groups in total. The van der Waals surface area contributed by atoms with E-state index in [-0.39, 0.29) is 11.2 Å². The molecule has 0 atom stereocenters. The third kappa shape index (κ3) is 4.02. The van der Waals surface area contributed by atoms with Crippen LogP contribution in [0, 0.1) is 6.92 Å². The average Bonchev–Trinajstić information content (AvgIpc) is 3.17. The van der Waals surface area contributed by atoms with Gasteiger partial charge in [-0.3, -0.25) is 4.68 Å². The van der Waals surface area contributed by atoms with Crippen molar-refractivity contribution >= 4 is 12.6 Å². The van der Waals surface area contributed by atoms with E-state index < -0.39 is 7.12 Å². The first-order chi connectivity index (χ1) is 14.3. The molecular weight excluding hydrogens is 375 g/mol. The predicted octanol–water partition coefficient (Wildman–Crippen LogP) is 4.12. The highest BCUT2D eigenvalue weighted by Crippen LogP contribution is 2.36. The molecule has 0 bridgehead atoms. The van der Waals surface area contributed by atoms with Crippen LogP contribution in [-0.4, -0.2) is 28.1 Å². The minimum Gasteiger partial charge on any atom is -0.489 e. The summed E-state index contributed by atoms with van der Waals surface area (Å²) in [6, 6.07) is 18.3. The number of hydrogen-bond acceptors (Lipinski definition) is 4. The number of para-hydroxylation sites is 1. The molecule has 0 radical (unpaired) electrons. The Morgan fingerprint density at radius 1 is 0.933 bits per heavy atom. The molecule has 1 fully saturated rings. The molecule has 0 amide bonds. The number of aromatic nitrogens is 2. The highest BCUT2D eigenvalue weighted by molar-refractivity contribution is 6.62. The van der Waals surface area contributed by atoms with Crippen LogP contribution in [0.1, 0.15) is 44.5 Å². The fraction of sp³-hybridized carbons (Fsp3) is 0.375. The van der Waals surface area contributed by atoms with E-state index in [2.05, 4.69) is 57.9 Å². The van der Waals surface area contributed by atoms with Gasteiger partial charge in [-0.25, -0.2) is 0 Å². The number of rotatable bonds is 6. The monoisotopic (exact) mass is 404 g/mol. The van der Waals surface area contributed by atoms with Gasteiger partial charge in [0.2, 0.25) is 0 Å². The van der Waals surface area contributed by atoms with Gasteiger partial charge in [0, 0.05) is 22.9 Å². The third-order valence-electron chi connectivity index (χ3n) is 6.18. The van der Waals surface area contributed by atoms with Crippen LogP contribution < -0.4 is 10.2 Å². The Kier molecular flexibility index (Phi) is 5.47. The lowest BCUT2D eigenvalue weighted by Gasteiger charge is -2.32. The molecule has 156 valence electrons. The first kappa shape index (κ1) is 20.7. The molecule has 0 spiro atoms. The summed E-state index contributed by atoms with van der Waals surface area (Å²) in [5.41, 5.74) is 3.49. The summed E-state index contributed by atoms with van der Waals surface area (Å²) in [5, 5.41) is 4.61. The summed E-state index contributed by atoms with van der Waals surface area (Å²) < 4.78 is 20.5. The van der Waals surface area contributed by atoms with Gasteiger partial charge in [-0.1, -0.05) is 48.5 Å². The van der Waals surface area contributed by atoms with E-state index in [4.69, 9.17) is 14.0 Å². The molecule has 1 saturated heterocycles. The van der Waals surface area contributed by atoms with Crippen LogP contribution in [0.25, 0.3) is 0 Å². The van der Waals surface area contributed by atoms with Crippen molar-refractivity contribution < 1.29 is 14.0 Å². The first-order valence-electron chi connectivity index (χ1n) is 10.4. The minimum absolute atomic E-state index is 0.371. The lowest BCUT2D eigenvalue weighted by atomic mass is 9.79. The van der Waals surface area contributed by atoms with Crippen LogP contribution in [0.5, 0.6) is 5.75 Å². The van der Waals surface area contributed by atoms with E-state index in [0.717, 1.165) is 28.0 Å². The van der Waals surface area contributed by atoms with Gasteiger partial charge >= 0.3 is 7.12 Å². The summed E-state index contributed by atoms with van der Waals surface area (Å²) in [5.74, 6) is 0.869. The van der Waals surface area contributed by atoms with Crippen LogP contribution in [0.2, 0.25) is 0 Å². The molecule has 30 heavy (non-hydrogen) atoms. The maximum Gasteiger partial charge on any atom is 0.498 e. The van der Waals surface area contributed by atoms with Crippen LogP contribution in [0.15, 0.2) is 60.8 Å². The largest absolute Gasteiger partial charge is 0.498 e. The maximum absolute atomic E-state index is 6.21. The smallest absolute Gasteiger partial charge is 0.489 e. The zero-order valence-electron chi connectivity index (χ0n) is 18.4. The molecule has 1 aromatic heterocycles. The summed E-state index contributed by atoms with van der Waals surface area (Å²) >= 11 is 0. The molecule has 5 nitrogen and oxygen atoms in total. The number of ether oxygens (including phenoxy) is 1. The molecule has 2 heterocycles. The SMILES string of the molecule is Cc1c(B2OC(C)(C)C(C)(C)O2)cnn1Cc1ccccc1OCc1ccccc1. The number of benzene rings is 2. The van der Waals surface area contributed by atoms with Crippen molar-refractivity contribution in [3.63, 3.8) is 0 Å². The molecule has 0 unspecified atom stereocenters. The van der Waals surface area contributed by atoms with E-state index in [0.29, 0.717) is 13.2 Å². The van der Waals surface area contributed by atoms with Gasteiger partial charge in [-0.15, -0.1) is 0 Å². The van der Waals surface area contributed by atoms with Crippen molar-refractivity contribution in [3.05, 3.63) is 77.6 Å². The van der Waals surface area contributed by atoms with Crippen molar-refractivity contribution in [2.75, 3.05) is 0 Å². The molecule has 4 rings (SSSR count). The van der Waals surface area contributed by atoms with Gasteiger partial charge in [-0.05, 0) is 46.2 Å². The molecule has 1 aliphatic rings. The van der Waals surface area contributed by atoms with E-state index in [1.807, 2.05) is 47.3 Å². The summed E-state index contributed by atoms with van der Waals surface area (Å²) in [6.45, 7) is 11.5. The van der Waals surface area contributed by atoms with E-state index in [1.54, 1.807) is 0 Å². The standard InChI is InChI=1S/C24H29BN2O3/c1-18-21(25-29-23(2,3)24(4,5)30-25)15-26-27(18)16-20-13-9-10-14-22(20)28-17-19-11-7-6-8-12-19/h6-15H,16-17H2,1-5H3. The fourth-order valence-corrected chi connectivity index (χ4v) is 3.49. The zero-order chi connectivity index (χ0) is 21.4.